The van der Waals surface area contributed by atoms with E-state index < -0.39 is 0 Å². The molecule has 0 saturated carbocycles. The van der Waals surface area contributed by atoms with Gasteiger partial charge in [-0.15, -0.1) is 12.4 Å². The molecule has 0 aromatic heterocycles. The Hall–Kier alpha value is -1.71. The van der Waals surface area contributed by atoms with Crippen molar-refractivity contribution in [2.45, 2.75) is 40.8 Å². The Morgan fingerprint density at radius 2 is 1.00 bits per heavy atom. The van der Waals surface area contributed by atoms with Crippen LogP contribution in [0.25, 0.3) is 0 Å². The molecule has 0 aliphatic rings. The third kappa shape index (κ3) is 8.59. The van der Waals surface area contributed by atoms with Crippen LogP contribution in [0, 0.1) is 11.8 Å². The first-order chi connectivity index (χ1) is 12.0. The molecule has 0 atom stereocenters. The Morgan fingerprint density at radius 1 is 0.654 bits per heavy atom. The van der Waals surface area contributed by atoms with Crippen molar-refractivity contribution in [3.05, 3.63) is 59.7 Å². The lowest BCUT2D eigenvalue weighted by atomic mass is 10.2. The maximum Gasteiger partial charge on any atom is 0.119 e. The molecule has 0 aliphatic carbocycles. The fourth-order valence-corrected chi connectivity index (χ4v) is 2.28. The second-order valence-corrected chi connectivity index (χ2v) is 7.30. The van der Waals surface area contributed by atoms with Gasteiger partial charge in [-0.25, -0.2) is 0 Å². The minimum Gasteiger partial charge on any atom is -0.493 e. The summed E-state index contributed by atoms with van der Waals surface area (Å²) >= 11 is 0. The summed E-state index contributed by atoms with van der Waals surface area (Å²) in [5.41, 5.74) is 2.52. The van der Waals surface area contributed by atoms with E-state index in [0.717, 1.165) is 37.8 Å². The molecule has 2 aromatic rings. The van der Waals surface area contributed by atoms with Crippen molar-refractivity contribution in [1.29, 1.82) is 0 Å². The molecule has 2 aromatic carbocycles. The average Bonchev–Trinajstić information content (AvgIpc) is 2.60. The number of halogens is 1. The van der Waals surface area contributed by atoms with Crippen LogP contribution in [-0.2, 0) is 13.1 Å². The molecule has 3 nitrogen and oxygen atoms in total. The van der Waals surface area contributed by atoms with Gasteiger partial charge in [-0.1, -0.05) is 52.0 Å². The van der Waals surface area contributed by atoms with E-state index in [1.807, 2.05) is 24.3 Å². The largest absolute Gasteiger partial charge is 0.493 e. The molecule has 0 saturated heterocycles. The van der Waals surface area contributed by atoms with Gasteiger partial charge in [0, 0.05) is 13.1 Å². The van der Waals surface area contributed by atoms with Crippen molar-refractivity contribution in [2.75, 3.05) is 13.2 Å². The minimum atomic E-state index is 0. The van der Waals surface area contributed by atoms with E-state index in [0.29, 0.717) is 11.8 Å². The van der Waals surface area contributed by atoms with Crippen molar-refractivity contribution >= 4 is 12.4 Å². The van der Waals surface area contributed by atoms with Crippen molar-refractivity contribution in [1.82, 2.24) is 5.32 Å². The molecular formula is C22H32ClNO2. The fraction of sp³-hybridized carbons (Fsp3) is 0.455. The Labute approximate surface area is 164 Å². The molecule has 0 fully saturated rings. The summed E-state index contributed by atoms with van der Waals surface area (Å²) in [4.78, 5) is 0. The van der Waals surface area contributed by atoms with Gasteiger partial charge < -0.3 is 14.8 Å². The van der Waals surface area contributed by atoms with E-state index in [1.165, 1.54) is 11.1 Å². The molecule has 0 heterocycles. The molecule has 0 unspecified atom stereocenters. The molecule has 0 amide bonds. The number of nitrogens with one attached hydrogen (secondary N) is 1. The molecular weight excluding hydrogens is 346 g/mol. The highest BCUT2D eigenvalue weighted by Crippen LogP contribution is 2.15. The first-order valence-corrected chi connectivity index (χ1v) is 9.17. The van der Waals surface area contributed by atoms with Gasteiger partial charge >= 0.3 is 0 Å². The van der Waals surface area contributed by atoms with E-state index in [-0.39, 0.29) is 12.4 Å². The first-order valence-electron chi connectivity index (χ1n) is 9.17. The molecule has 0 radical (unpaired) electrons. The summed E-state index contributed by atoms with van der Waals surface area (Å²) in [5, 5.41) is 3.48. The quantitative estimate of drug-likeness (QED) is 0.595. The average molecular weight is 378 g/mol. The Morgan fingerprint density at radius 3 is 1.31 bits per heavy atom. The van der Waals surface area contributed by atoms with Crippen LogP contribution in [0.1, 0.15) is 38.8 Å². The van der Waals surface area contributed by atoms with Crippen LogP contribution in [0.2, 0.25) is 0 Å². The van der Waals surface area contributed by atoms with Crippen LogP contribution in [-0.4, -0.2) is 13.2 Å². The van der Waals surface area contributed by atoms with Crippen molar-refractivity contribution in [3.8, 4) is 11.5 Å². The smallest absolute Gasteiger partial charge is 0.119 e. The summed E-state index contributed by atoms with van der Waals surface area (Å²) in [6.07, 6.45) is 0. The van der Waals surface area contributed by atoms with Gasteiger partial charge in [-0.05, 0) is 47.2 Å². The molecule has 2 rings (SSSR count). The van der Waals surface area contributed by atoms with Crippen LogP contribution < -0.4 is 14.8 Å². The maximum atomic E-state index is 5.71. The summed E-state index contributed by atoms with van der Waals surface area (Å²) in [6.45, 7) is 11.8. The van der Waals surface area contributed by atoms with E-state index in [2.05, 4.69) is 57.3 Å². The standard InChI is InChI=1S/C22H31NO2.ClH/c1-17(2)15-24-21-9-5-19(6-10-21)13-23-14-20-7-11-22(12-8-20)25-16-18(3)4;/h5-12,17-18,23H,13-16H2,1-4H3;1H. The molecule has 0 spiro atoms. The van der Waals surface area contributed by atoms with Crippen LogP contribution in [0.3, 0.4) is 0 Å². The van der Waals surface area contributed by atoms with E-state index in [1.54, 1.807) is 0 Å². The number of ether oxygens (including phenoxy) is 2. The van der Waals surface area contributed by atoms with Gasteiger partial charge in [0.2, 0.25) is 0 Å². The van der Waals surface area contributed by atoms with Crippen LogP contribution in [0.5, 0.6) is 11.5 Å². The highest BCUT2D eigenvalue weighted by Gasteiger charge is 2.00. The van der Waals surface area contributed by atoms with Crippen LogP contribution >= 0.6 is 12.4 Å². The third-order valence-electron chi connectivity index (χ3n) is 3.67. The highest BCUT2D eigenvalue weighted by molar-refractivity contribution is 5.85. The molecule has 26 heavy (non-hydrogen) atoms. The van der Waals surface area contributed by atoms with E-state index >= 15 is 0 Å². The monoisotopic (exact) mass is 377 g/mol. The predicted octanol–water partition coefficient (Wildman–Crippen LogP) is 5.47. The third-order valence-corrected chi connectivity index (χ3v) is 3.67. The van der Waals surface area contributed by atoms with E-state index in [9.17, 15) is 0 Å². The highest BCUT2D eigenvalue weighted by atomic mass is 35.5. The zero-order chi connectivity index (χ0) is 18.1. The number of hydrogen-bond acceptors (Lipinski definition) is 3. The Bertz CT molecular complexity index is 554. The van der Waals surface area contributed by atoms with Gasteiger partial charge in [0.05, 0.1) is 13.2 Å². The number of hydrogen-bond donors (Lipinski definition) is 1. The molecule has 0 aliphatic heterocycles. The molecule has 0 bridgehead atoms. The fourth-order valence-electron chi connectivity index (χ4n) is 2.28. The predicted molar refractivity (Wildman–Crippen MR) is 111 cm³/mol. The topological polar surface area (TPSA) is 30.5 Å². The zero-order valence-electron chi connectivity index (χ0n) is 16.3. The van der Waals surface area contributed by atoms with Gasteiger partial charge in [0.15, 0.2) is 0 Å². The second-order valence-electron chi connectivity index (χ2n) is 7.30. The summed E-state index contributed by atoms with van der Waals surface area (Å²) < 4.78 is 11.4. The molecule has 4 heteroatoms. The second kappa shape index (κ2) is 11.8. The number of rotatable bonds is 10. The van der Waals surface area contributed by atoms with Crippen LogP contribution in [0.4, 0.5) is 0 Å². The maximum absolute atomic E-state index is 5.71. The first kappa shape index (κ1) is 22.3. The molecule has 1 N–H and O–H groups in total. The summed E-state index contributed by atoms with van der Waals surface area (Å²) in [6, 6.07) is 16.6. The van der Waals surface area contributed by atoms with Gasteiger partial charge in [0.25, 0.3) is 0 Å². The Balaban J connectivity index is 0.00000338. The SMILES string of the molecule is CC(C)COc1ccc(CNCc2ccc(OCC(C)C)cc2)cc1.Cl. The zero-order valence-corrected chi connectivity index (χ0v) is 17.1. The van der Waals surface area contributed by atoms with Crippen LogP contribution in [0.15, 0.2) is 48.5 Å². The lowest BCUT2D eigenvalue weighted by Crippen LogP contribution is -2.12. The Kier molecular flexibility index (Phi) is 10.2. The lowest BCUT2D eigenvalue weighted by Gasteiger charge is -2.11. The van der Waals surface area contributed by atoms with Crippen molar-refractivity contribution in [3.63, 3.8) is 0 Å². The van der Waals surface area contributed by atoms with Crippen molar-refractivity contribution < 1.29 is 9.47 Å². The van der Waals surface area contributed by atoms with Crippen molar-refractivity contribution in [2.24, 2.45) is 11.8 Å². The normalized spacial score (nSPS) is 10.7. The van der Waals surface area contributed by atoms with E-state index in [4.69, 9.17) is 9.47 Å². The molecule has 144 valence electrons. The van der Waals surface area contributed by atoms with Gasteiger partial charge in [-0.3, -0.25) is 0 Å². The van der Waals surface area contributed by atoms with Gasteiger partial charge in [-0.2, -0.15) is 0 Å². The summed E-state index contributed by atoms with van der Waals surface area (Å²) in [5.74, 6) is 2.97. The summed E-state index contributed by atoms with van der Waals surface area (Å²) in [7, 11) is 0. The lowest BCUT2D eigenvalue weighted by molar-refractivity contribution is 0.271. The number of benzene rings is 2. The minimum absolute atomic E-state index is 0. The van der Waals surface area contributed by atoms with Gasteiger partial charge in [0.1, 0.15) is 11.5 Å².